The standard InChI is InChI=1S/C27H33N7O2/c1-15-9-19(15)14-36-23-13-22(30-26(31-23)27(35)29-21-12-16-10-18(21)11-16)34-7-4-17(5-8-34)24-20-3-2-6-28-25(20)33-32-24/h2-3,6,13,15-19,21H,4-5,7-12,14H2,1H3,(H,29,35)(H,28,32,33)/t15-,16?,18?,19-,21-/m1/s1. The fourth-order valence-electron chi connectivity index (χ4n) is 6.42. The molecule has 4 heterocycles. The largest absolute Gasteiger partial charge is 0.477 e. The topological polar surface area (TPSA) is 109 Å². The molecular formula is C27H33N7O2. The minimum absolute atomic E-state index is 0.176. The SMILES string of the molecule is C[C@@H]1C[C@@H]1COc1cc(N2CCC(c3[nH]nc4ncccc34)CC2)nc(C(=O)N[C@@H]2CC3CC2C3)n1. The number of anilines is 1. The molecule has 3 aromatic rings. The number of nitrogens with zero attached hydrogens (tertiary/aromatic N) is 5. The number of carbonyl (C=O) groups excluding carboxylic acids is 1. The summed E-state index contributed by atoms with van der Waals surface area (Å²) >= 11 is 0. The molecule has 9 heteroatoms. The Bertz CT molecular complexity index is 1280. The van der Waals surface area contributed by atoms with Crippen LogP contribution in [0.3, 0.4) is 0 Å². The van der Waals surface area contributed by atoms with E-state index in [0.717, 1.165) is 60.8 Å². The van der Waals surface area contributed by atoms with Gasteiger partial charge in [0.2, 0.25) is 11.7 Å². The van der Waals surface area contributed by atoms with Gasteiger partial charge in [-0.2, -0.15) is 10.1 Å². The number of nitrogens with one attached hydrogen (secondary N) is 2. The molecule has 0 aromatic carbocycles. The number of hydrogen-bond donors (Lipinski definition) is 2. The van der Waals surface area contributed by atoms with Gasteiger partial charge in [-0.05, 0) is 74.3 Å². The van der Waals surface area contributed by atoms with Crippen molar-refractivity contribution in [2.24, 2.45) is 23.7 Å². The van der Waals surface area contributed by atoms with E-state index >= 15 is 0 Å². The maximum atomic E-state index is 13.2. The zero-order valence-electron chi connectivity index (χ0n) is 20.7. The van der Waals surface area contributed by atoms with Crippen LogP contribution < -0.4 is 15.0 Å². The third-order valence-corrected chi connectivity index (χ3v) is 8.94. The van der Waals surface area contributed by atoms with Crippen LogP contribution in [0.1, 0.15) is 67.7 Å². The van der Waals surface area contributed by atoms with Gasteiger partial charge in [0.05, 0.1) is 6.61 Å². The molecule has 2 bridgehead atoms. The minimum atomic E-state index is -0.176. The number of fused-ring (bicyclic) bond motifs is 2. The number of hydrogen-bond acceptors (Lipinski definition) is 7. The number of piperidine rings is 1. The first kappa shape index (κ1) is 22.0. The van der Waals surface area contributed by atoms with Gasteiger partial charge in [-0.3, -0.25) is 9.89 Å². The first-order valence-electron chi connectivity index (χ1n) is 13.5. The summed E-state index contributed by atoms with van der Waals surface area (Å²) in [5.74, 6) is 4.43. The van der Waals surface area contributed by atoms with Gasteiger partial charge in [-0.1, -0.05) is 6.92 Å². The van der Waals surface area contributed by atoms with E-state index in [9.17, 15) is 4.79 Å². The minimum Gasteiger partial charge on any atom is -0.477 e. The van der Waals surface area contributed by atoms with E-state index in [2.05, 4.69) is 43.4 Å². The molecule has 0 radical (unpaired) electrons. The maximum absolute atomic E-state index is 13.2. The Morgan fingerprint density at radius 1 is 1.19 bits per heavy atom. The van der Waals surface area contributed by atoms with Crippen LogP contribution in [0.15, 0.2) is 24.4 Å². The molecule has 3 aromatic heterocycles. The average molecular weight is 488 g/mol. The Labute approximate surface area is 210 Å². The van der Waals surface area contributed by atoms with Crippen LogP contribution in [0.2, 0.25) is 0 Å². The molecule has 0 spiro atoms. The van der Waals surface area contributed by atoms with Gasteiger partial charge < -0.3 is 15.0 Å². The summed E-state index contributed by atoms with van der Waals surface area (Å²) in [6.07, 6.45) is 8.49. The van der Waals surface area contributed by atoms with E-state index in [1.165, 1.54) is 19.3 Å². The highest BCUT2D eigenvalue weighted by atomic mass is 16.5. The van der Waals surface area contributed by atoms with Crippen LogP contribution in [0.4, 0.5) is 5.82 Å². The van der Waals surface area contributed by atoms with Crippen LogP contribution in [-0.2, 0) is 0 Å². The first-order chi connectivity index (χ1) is 17.6. The van der Waals surface area contributed by atoms with Crippen LogP contribution >= 0.6 is 0 Å². The normalized spacial score (nSPS) is 29.2. The fraction of sp³-hybridized carbons (Fsp3) is 0.593. The molecule has 1 saturated heterocycles. The lowest BCUT2D eigenvalue weighted by atomic mass is 9.84. The van der Waals surface area contributed by atoms with Crippen molar-refractivity contribution < 1.29 is 9.53 Å². The summed E-state index contributed by atoms with van der Waals surface area (Å²) in [6.45, 7) is 4.58. The second-order valence-electron chi connectivity index (χ2n) is 11.4. The van der Waals surface area contributed by atoms with E-state index in [0.29, 0.717) is 36.2 Å². The van der Waals surface area contributed by atoms with Gasteiger partial charge in [0, 0.05) is 48.4 Å². The van der Waals surface area contributed by atoms with Crippen molar-refractivity contribution in [3.63, 3.8) is 0 Å². The highest BCUT2D eigenvalue weighted by Crippen LogP contribution is 2.48. The van der Waals surface area contributed by atoms with Gasteiger partial charge in [-0.25, -0.2) is 9.97 Å². The molecule has 4 saturated carbocycles. The number of aromatic nitrogens is 5. The molecule has 5 fully saturated rings. The molecule has 3 atom stereocenters. The van der Waals surface area contributed by atoms with Crippen LogP contribution in [-0.4, -0.2) is 56.8 Å². The average Bonchev–Trinajstić information content (AvgIpc) is 3.23. The van der Waals surface area contributed by atoms with Gasteiger partial charge in [0.15, 0.2) is 5.65 Å². The van der Waals surface area contributed by atoms with E-state index in [1.54, 1.807) is 6.20 Å². The monoisotopic (exact) mass is 487 g/mol. The van der Waals surface area contributed by atoms with Crippen molar-refractivity contribution in [3.05, 3.63) is 35.9 Å². The molecule has 36 heavy (non-hydrogen) atoms. The van der Waals surface area contributed by atoms with E-state index in [-0.39, 0.29) is 17.8 Å². The van der Waals surface area contributed by atoms with E-state index < -0.39 is 0 Å². The van der Waals surface area contributed by atoms with Crippen molar-refractivity contribution in [2.45, 2.75) is 57.4 Å². The van der Waals surface area contributed by atoms with Gasteiger partial charge in [0.25, 0.3) is 5.91 Å². The van der Waals surface area contributed by atoms with Crippen molar-refractivity contribution in [2.75, 3.05) is 24.6 Å². The fourth-order valence-corrected chi connectivity index (χ4v) is 6.42. The number of aromatic amines is 1. The van der Waals surface area contributed by atoms with Crippen LogP contribution in [0.25, 0.3) is 11.0 Å². The second kappa shape index (κ2) is 8.71. The molecule has 0 unspecified atom stereocenters. The van der Waals surface area contributed by atoms with Gasteiger partial charge in [0.1, 0.15) is 5.82 Å². The Hall–Kier alpha value is -3.23. The molecule has 5 aliphatic rings. The molecule has 188 valence electrons. The molecule has 1 aliphatic heterocycles. The van der Waals surface area contributed by atoms with Crippen LogP contribution in [0.5, 0.6) is 5.88 Å². The highest BCUT2D eigenvalue weighted by molar-refractivity contribution is 5.91. The molecule has 4 aliphatic carbocycles. The lowest BCUT2D eigenvalue weighted by molar-refractivity contribution is 0.0916. The predicted octanol–water partition coefficient (Wildman–Crippen LogP) is 3.70. The number of pyridine rings is 1. The number of H-pyrrole nitrogens is 1. The Morgan fingerprint density at radius 3 is 2.78 bits per heavy atom. The lowest BCUT2D eigenvalue weighted by Crippen LogP contribution is -2.38. The van der Waals surface area contributed by atoms with Crippen molar-refractivity contribution in [1.82, 2.24) is 30.5 Å². The third-order valence-electron chi connectivity index (χ3n) is 8.94. The van der Waals surface area contributed by atoms with E-state index in [4.69, 9.17) is 9.72 Å². The van der Waals surface area contributed by atoms with Crippen molar-refractivity contribution >= 4 is 22.8 Å². The Balaban J connectivity index is 1.08. The van der Waals surface area contributed by atoms with Crippen molar-refractivity contribution in [3.8, 4) is 5.88 Å². The predicted molar refractivity (Wildman–Crippen MR) is 135 cm³/mol. The zero-order valence-corrected chi connectivity index (χ0v) is 20.7. The molecule has 9 nitrogen and oxygen atoms in total. The number of ether oxygens (including phenoxy) is 1. The Morgan fingerprint density at radius 2 is 2.03 bits per heavy atom. The lowest BCUT2D eigenvalue weighted by Gasteiger charge is -2.32. The summed E-state index contributed by atoms with van der Waals surface area (Å²) in [6, 6.07) is 6.22. The summed E-state index contributed by atoms with van der Waals surface area (Å²) in [4.78, 5) is 29.0. The Kier molecular flexibility index (Phi) is 5.32. The maximum Gasteiger partial charge on any atom is 0.289 e. The summed E-state index contributed by atoms with van der Waals surface area (Å²) < 4.78 is 6.07. The number of carbonyl (C=O) groups is 1. The summed E-state index contributed by atoms with van der Waals surface area (Å²) in [5, 5.41) is 11.9. The highest BCUT2D eigenvalue weighted by Gasteiger charge is 2.45. The smallest absolute Gasteiger partial charge is 0.289 e. The molecule has 2 N–H and O–H groups in total. The van der Waals surface area contributed by atoms with Crippen molar-refractivity contribution in [1.29, 1.82) is 0 Å². The quantitative estimate of drug-likeness (QED) is 0.523. The van der Waals surface area contributed by atoms with Gasteiger partial charge >= 0.3 is 0 Å². The second-order valence-corrected chi connectivity index (χ2v) is 11.4. The summed E-state index contributed by atoms with van der Waals surface area (Å²) in [5.41, 5.74) is 1.94. The first-order valence-corrected chi connectivity index (χ1v) is 13.5. The molecule has 1 amide bonds. The van der Waals surface area contributed by atoms with Crippen LogP contribution in [0, 0.1) is 23.7 Å². The number of amides is 1. The van der Waals surface area contributed by atoms with E-state index in [1.807, 2.05) is 12.1 Å². The van der Waals surface area contributed by atoms with Gasteiger partial charge in [-0.15, -0.1) is 0 Å². The third kappa shape index (κ3) is 4.08. The zero-order chi connectivity index (χ0) is 24.2. The number of rotatable bonds is 7. The summed E-state index contributed by atoms with van der Waals surface area (Å²) in [7, 11) is 0. The molecular weight excluding hydrogens is 454 g/mol. The molecule has 8 rings (SSSR count).